The van der Waals surface area contributed by atoms with Crippen LogP contribution in [0.1, 0.15) is 12.5 Å². The van der Waals surface area contributed by atoms with E-state index in [9.17, 15) is 0 Å². The summed E-state index contributed by atoms with van der Waals surface area (Å²) in [7, 11) is 0. The molecule has 1 saturated heterocycles. The van der Waals surface area contributed by atoms with Crippen molar-refractivity contribution in [2.45, 2.75) is 20.0 Å². The lowest BCUT2D eigenvalue weighted by Gasteiger charge is -2.32. The van der Waals surface area contributed by atoms with Gasteiger partial charge in [-0.1, -0.05) is 0 Å². The Morgan fingerprint density at radius 1 is 1.29 bits per heavy atom. The van der Waals surface area contributed by atoms with E-state index in [1.807, 2.05) is 10.9 Å². The van der Waals surface area contributed by atoms with Crippen molar-refractivity contribution in [3.63, 3.8) is 0 Å². The minimum Gasteiger partial charge on any atom is -0.296 e. The molecule has 2 heterocycles. The zero-order valence-corrected chi connectivity index (χ0v) is 10.3. The van der Waals surface area contributed by atoms with E-state index in [1.54, 1.807) is 0 Å². The van der Waals surface area contributed by atoms with E-state index >= 15 is 0 Å². The van der Waals surface area contributed by atoms with Crippen molar-refractivity contribution < 1.29 is 0 Å². The summed E-state index contributed by atoms with van der Waals surface area (Å²) in [6.45, 7) is 8.62. The molecule has 0 spiro atoms. The predicted octanol–water partition coefficient (Wildman–Crippen LogP) is 0.544. The van der Waals surface area contributed by atoms with Gasteiger partial charge in [0.15, 0.2) is 0 Å². The van der Waals surface area contributed by atoms with Crippen LogP contribution < -0.4 is 0 Å². The fourth-order valence-corrected chi connectivity index (χ4v) is 2.12. The summed E-state index contributed by atoms with van der Waals surface area (Å²) in [5.41, 5.74) is 1.28. The molecule has 17 heavy (non-hydrogen) atoms. The summed E-state index contributed by atoms with van der Waals surface area (Å²) in [5, 5.41) is 12.9. The number of nitriles is 1. The van der Waals surface area contributed by atoms with Crippen molar-refractivity contribution in [1.29, 1.82) is 5.26 Å². The molecule has 0 radical (unpaired) electrons. The molecule has 5 heteroatoms. The highest BCUT2D eigenvalue weighted by Crippen LogP contribution is 2.07. The van der Waals surface area contributed by atoms with Crippen LogP contribution in [-0.2, 0) is 13.1 Å². The number of hydrogen-bond donors (Lipinski definition) is 0. The molecule has 0 aliphatic carbocycles. The molecule has 1 fully saturated rings. The maximum absolute atomic E-state index is 8.63. The van der Waals surface area contributed by atoms with E-state index in [4.69, 9.17) is 5.26 Å². The van der Waals surface area contributed by atoms with Crippen LogP contribution in [0.15, 0.2) is 12.4 Å². The smallest absolute Gasteiger partial charge is 0.0866 e. The molecule has 0 amide bonds. The lowest BCUT2D eigenvalue weighted by molar-refractivity contribution is 0.138. The van der Waals surface area contributed by atoms with Crippen molar-refractivity contribution in [2.75, 3.05) is 32.7 Å². The van der Waals surface area contributed by atoms with Gasteiger partial charge in [-0.2, -0.15) is 10.4 Å². The average molecular weight is 233 g/mol. The summed E-state index contributed by atoms with van der Waals surface area (Å²) in [5.74, 6) is 0. The molecule has 0 atom stereocenters. The molecule has 0 saturated carbocycles. The van der Waals surface area contributed by atoms with E-state index in [0.29, 0.717) is 6.54 Å². The van der Waals surface area contributed by atoms with Crippen LogP contribution in [0.3, 0.4) is 0 Å². The van der Waals surface area contributed by atoms with Gasteiger partial charge in [-0.25, -0.2) is 0 Å². The molecule has 1 aliphatic heterocycles. The predicted molar refractivity (Wildman–Crippen MR) is 65.2 cm³/mol. The average Bonchev–Trinajstić information content (AvgIpc) is 2.80. The van der Waals surface area contributed by atoms with Crippen LogP contribution in [0, 0.1) is 11.3 Å². The molecule has 0 bridgehead atoms. The molecule has 1 aromatic heterocycles. The van der Waals surface area contributed by atoms with Crippen molar-refractivity contribution in [2.24, 2.45) is 0 Å². The number of aromatic nitrogens is 2. The number of nitrogens with zero attached hydrogens (tertiary/aromatic N) is 5. The highest BCUT2D eigenvalue weighted by molar-refractivity contribution is 5.03. The standard InChI is InChI=1S/C12H19N5/c1-2-17-11-12(9-14-17)10-16-7-5-15(4-3-13)6-8-16/h9,11H,2,4-8,10H2,1H3. The van der Waals surface area contributed by atoms with Gasteiger partial charge in [0.2, 0.25) is 0 Å². The Morgan fingerprint density at radius 3 is 2.59 bits per heavy atom. The largest absolute Gasteiger partial charge is 0.296 e. The number of hydrogen-bond acceptors (Lipinski definition) is 4. The third kappa shape index (κ3) is 3.29. The Bertz CT molecular complexity index is 384. The van der Waals surface area contributed by atoms with Crippen LogP contribution in [0.2, 0.25) is 0 Å². The first-order chi connectivity index (χ1) is 8.31. The Balaban J connectivity index is 1.80. The second-order valence-corrected chi connectivity index (χ2v) is 4.41. The normalized spacial score (nSPS) is 18.1. The molecule has 1 aliphatic rings. The van der Waals surface area contributed by atoms with E-state index in [-0.39, 0.29) is 0 Å². The Morgan fingerprint density at radius 2 is 2.00 bits per heavy atom. The minimum absolute atomic E-state index is 0.557. The van der Waals surface area contributed by atoms with Crippen LogP contribution >= 0.6 is 0 Å². The first-order valence-corrected chi connectivity index (χ1v) is 6.15. The first kappa shape index (κ1) is 12.1. The van der Waals surface area contributed by atoms with Gasteiger partial charge in [0, 0.05) is 51.0 Å². The summed E-state index contributed by atoms with van der Waals surface area (Å²) < 4.78 is 1.96. The van der Waals surface area contributed by atoms with Gasteiger partial charge in [0.1, 0.15) is 0 Å². The summed E-state index contributed by atoms with van der Waals surface area (Å²) in [6.07, 6.45) is 4.06. The highest BCUT2D eigenvalue weighted by Gasteiger charge is 2.16. The highest BCUT2D eigenvalue weighted by atomic mass is 15.3. The van der Waals surface area contributed by atoms with Gasteiger partial charge in [0.25, 0.3) is 0 Å². The zero-order chi connectivity index (χ0) is 12.1. The first-order valence-electron chi connectivity index (χ1n) is 6.15. The van der Waals surface area contributed by atoms with Crippen LogP contribution in [0.4, 0.5) is 0 Å². The van der Waals surface area contributed by atoms with Crippen LogP contribution in [-0.4, -0.2) is 52.3 Å². The van der Waals surface area contributed by atoms with E-state index in [1.165, 1.54) is 5.56 Å². The fourth-order valence-electron chi connectivity index (χ4n) is 2.12. The maximum atomic E-state index is 8.63. The second-order valence-electron chi connectivity index (χ2n) is 4.41. The van der Waals surface area contributed by atoms with Gasteiger partial charge < -0.3 is 0 Å². The van der Waals surface area contributed by atoms with Crippen molar-refractivity contribution >= 4 is 0 Å². The van der Waals surface area contributed by atoms with E-state index < -0.39 is 0 Å². The molecular formula is C12H19N5. The van der Waals surface area contributed by atoms with E-state index in [0.717, 1.165) is 39.3 Å². The fraction of sp³-hybridized carbons (Fsp3) is 0.667. The van der Waals surface area contributed by atoms with Gasteiger partial charge in [-0.15, -0.1) is 0 Å². The molecule has 0 unspecified atom stereocenters. The SMILES string of the molecule is CCn1cc(CN2CCN(CC#N)CC2)cn1. The van der Waals surface area contributed by atoms with Gasteiger partial charge in [-0.3, -0.25) is 14.5 Å². The minimum atomic E-state index is 0.557. The monoisotopic (exact) mass is 233 g/mol. The number of aryl methyl sites for hydroxylation is 1. The van der Waals surface area contributed by atoms with Gasteiger partial charge in [-0.05, 0) is 6.92 Å². The molecule has 0 N–H and O–H groups in total. The van der Waals surface area contributed by atoms with E-state index in [2.05, 4.69) is 34.1 Å². The summed E-state index contributed by atoms with van der Waals surface area (Å²) in [6, 6.07) is 2.21. The Hall–Kier alpha value is -1.38. The Kier molecular flexibility index (Phi) is 4.13. The van der Waals surface area contributed by atoms with Crippen molar-refractivity contribution in [3.8, 4) is 6.07 Å². The molecular weight excluding hydrogens is 214 g/mol. The molecule has 0 aromatic carbocycles. The van der Waals surface area contributed by atoms with Gasteiger partial charge in [0.05, 0.1) is 18.8 Å². The number of rotatable bonds is 4. The lowest BCUT2D eigenvalue weighted by Crippen LogP contribution is -2.45. The maximum Gasteiger partial charge on any atom is 0.0866 e. The van der Waals surface area contributed by atoms with Crippen molar-refractivity contribution in [1.82, 2.24) is 19.6 Å². The van der Waals surface area contributed by atoms with Crippen molar-refractivity contribution in [3.05, 3.63) is 18.0 Å². The summed E-state index contributed by atoms with van der Waals surface area (Å²) in [4.78, 5) is 4.62. The zero-order valence-electron chi connectivity index (χ0n) is 10.3. The summed E-state index contributed by atoms with van der Waals surface area (Å²) >= 11 is 0. The molecule has 92 valence electrons. The third-order valence-electron chi connectivity index (χ3n) is 3.18. The lowest BCUT2D eigenvalue weighted by atomic mass is 10.2. The molecule has 1 aromatic rings. The quantitative estimate of drug-likeness (QED) is 0.712. The van der Waals surface area contributed by atoms with Crippen LogP contribution in [0.25, 0.3) is 0 Å². The van der Waals surface area contributed by atoms with Gasteiger partial charge >= 0.3 is 0 Å². The Labute approximate surface area is 102 Å². The third-order valence-corrected chi connectivity index (χ3v) is 3.18. The molecule has 2 rings (SSSR count). The molecule has 5 nitrogen and oxygen atoms in total. The number of piperazine rings is 1. The topological polar surface area (TPSA) is 48.1 Å². The van der Waals surface area contributed by atoms with Crippen LogP contribution in [0.5, 0.6) is 0 Å². The second kappa shape index (κ2) is 5.80.